The van der Waals surface area contributed by atoms with Gasteiger partial charge in [-0.25, -0.2) is 9.48 Å². The first-order chi connectivity index (χ1) is 13.1. The largest absolute Gasteiger partial charge is 0.324 e. The number of aryl methyl sites for hydroxylation is 2. The standard InChI is InChI=1S/C20H24N6O/c1-14-7-12-26(24-14)19-6-4-3-5-18(19)22-20(27)25-10-8-16(9-11-25)17-13-21-23-15(17)2/h3-7,12-13,16H,8-11H2,1-2H3,(H,21,23)(H,22,27). The first-order valence-electron chi connectivity index (χ1n) is 9.29. The number of nitrogens with zero attached hydrogens (tertiary/aromatic N) is 4. The van der Waals surface area contributed by atoms with Gasteiger partial charge in [-0.1, -0.05) is 12.1 Å². The molecule has 1 aliphatic rings. The third-order valence-electron chi connectivity index (χ3n) is 5.21. The second kappa shape index (κ2) is 7.26. The highest BCUT2D eigenvalue weighted by Crippen LogP contribution is 2.29. The molecule has 0 atom stereocenters. The van der Waals surface area contributed by atoms with E-state index >= 15 is 0 Å². The first kappa shape index (κ1) is 17.3. The van der Waals surface area contributed by atoms with Crippen LogP contribution < -0.4 is 5.32 Å². The summed E-state index contributed by atoms with van der Waals surface area (Å²) in [7, 11) is 0. The number of rotatable bonds is 3. The molecule has 3 heterocycles. The van der Waals surface area contributed by atoms with Crippen molar-refractivity contribution in [3.8, 4) is 5.69 Å². The summed E-state index contributed by atoms with van der Waals surface area (Å²) >= 11 is 0. The van der Waals surface area contributed by atoms with Crippen LogP contribution in [0.5, 0.6) is 0 Å². The van der Waals surface area contributed by atoms with Crippen LogP contribution in [0.15, 0.2) is 42.7 Å². The Kier molecular flexibility index (Phi) is 4.66. The average molecular weight is 364 g/mol. The number of anilines is 1. The van der Waals surface area contributed by atoms with Crippen LogP contribution in [0.4, 0.5) is 10.5 Å². The summed E-state index contributed by atoms with van der Waals surface area (Å²) in [5.41, 5.74) is 4.96. The van der Waals surface area contributed by atoms with Gasteiger partial charge in [0.15, 0.2) is 0 Å². The second-order valence-corrected chi connectivity index (χ2v) is 7.06. The van der Waals surface area contributed by atoms with E-state index in [4.69, 9.17) is 0 Å². The predicted molar refractivity (Wildman–Crippen MR) is 104 cm³/mol. The predicted octanol–water partition coefficient (Wildman–Crippen LogP) is 3.62. The van der Waals surface area contributed by atoms with Crippen molar-refractivity contribution in [1.82, 2.24) is 24.9 Å². The number of para-hydroxylation sites is 2. The molecule has 0 bridgehead atoms. The molecule has 2 N–H and O–H groups in total. The lowest BCUT2D eigenvalue weighted by Gasteiger charge is -2.32. The Hall–Kier alpha value is -3.09. The summed E-state index contributed by atoms with van der Waals surface area (Å²) in [6.07, 6.45) is 5.72. The van der Waals surface area contributed by atoms with Gasteiger partial charge in [0, 0.05) is 25.0 Å². The second-order valence-electron chi connectivity index (χ2n) is 7.06. The number of nitrogens with one attached hydrogen (secondary N) is 2. The molecular formula is C20H24N6O. The fraction of sp³-hybridized carbons (Fsp3) is 0.350. The summed E-state index contributed by atoms with van der Waals surface area (Å²) in [5, 5.41) is 14.6. The highest BCUT2D eigenvalue weighted by atomic mass is 16.2. The molecule has 0 saturated carbocycles. The summed E-state index contributed by atoms with van der Waals surface area (Å²) in [5.74, 6) is 0.465. The maximum absolute atomic E-state index is 12.8. The molecule has 1 fully saturated rings. The Labute approximate surface area is 158 Å². The van der Waals surface area contributed by atoms with Crippen LogP contribution in [0.2, 0.25) is 0 Å². The average Bonchev–Trinajstić information content (AvgIpc) is 3.30. The summed E-state index contributed by atoms with van der Waals surface area (Å²) in [4.78, 5) is 14.7. The number of urea groups is 1. The zero-order valence-corrected chi connectivity index (χ0v) is 15.6. The zero-order chi connectivity index (χ0) is 18.8. The van der Waals surface area contributed by atoms with E-state index in [9.17, 15) is 4.79 Å². The molecule has 1 saturated heterocycles. The van der Waals surface area contributed by atoms with Crippen molar-refractivity contribution in [3.63, 3.8) is 0 Å². The van der Waals surface area contributed by atoms with Crippen LogP contribution in [0.25, 0.3) is 5.69 Å². The van der Waals surface area contributed by atoms with Gasteiger partial charge in [-0.15, -0.1) is 0 Å². The zero-order valence-electron chi connectivity index (χ0n) is 15.6. The highest BCUT2D eigenvalue weighted by molar-refractivity contribution is 5.91. The van der Waals surface area contributed by atoms with E-state index in [1.54, 1.807) is 4.68 Å². The smallest absolute Gasteiger partial charge is 0.321 e. The van der Waals surface area contributed by atoms with E-state index in [1.807, 2.05) is 54.5 Å². The molecule has 0 spiro atoms. The number of aromatic amines is 1. The minimum absolute atomic E-state index is 0.0614. The van der Waals surface area contributed by atoms with Crippen LogP contribution in [0, 0.1) is 13.8 Å². The Morgan fingerprint density at radius 2 is 1.96 bits per heavy atom. The van der Waals surface area contributed by atoms with Gasteiger partial charge in [0.2, 0.25) is 0 Å². The van der Waals surface area contributed by atoms with Gasteiger partial charge in [-0.05, 0) is 56.4 Å². The Morgan fingerprint density at radius 1 is 1.19 bits per heavy atom. The van der Waals surface area contributed by atoms with E-state index in [0.29, 0.717) is 5.92 Å². The fourth-order valence-electron chi connectivity index (χ4n) is 3.69. The molecule has 1 aliphatic heterocycles. The van der Waals surface area contributed by atoms with Gasteiger partial charge in [0.1, 0.15) is 0 Å². The minimum Gasteiger partial charge on any atom is -0.324 e. The number of aromatic nitrogens is 4. The molecule has 2 aromatic heterocycles. The van der Waals surface area contributed by atoms with Crippen molar-refractivity contribution in [1.29, 1.82) is 0 Å². The van der Waals surface area contributed by atoms with Crippen molar-refractivity contribution >= 4 is 11.7 Å². The topological polar surface area (TPSA) is 78.8 Å². The van der Waals surface area contributed by atoms with Gasteiger partial charge in [-0.2, -0.15) is 10.2 Å². The van der Waals surface area contributed by atoms with E-state index in [2.05, 4.69) is 27.5 Å². The number of hydrogen-bond acceptors (Lipinski definition) is 3. The van der Waals surface area contributed by atoms with Gasteiger partial charge >= 0.3 is 6.03 Å². The lowest BCUT2D eigenvalue weighted by atomic mass is 9.90. The molecule has 0 unspecified atom stereocenters. The quantitative estimate of drug-likeness (QED) is 0.745. The van der Waals surface area contributed by atoms with Crippen molar-refractivity contribution < 1.29 is 4.79 Å². The van der Waals surface area contributed by atoms with Crippen LogP contribution in [-0.2, 0) is 0 Å². The normalized spacial score (nSPS) is 15.1. The Morgan fingerprint density at radius 3 is 2.63 bits per heavy atom. The molecule has 2 amide bonds. The lowest BCUT2D eigenvalue weighted by Crippen LogP contribution is -2.40. The van der Waals surface area contributed by atoms with E-state index in [-0.39, 0.29) is 6.03 Å². The van der Waals surface area contributed by atoms with Gasteiger partial charge in [-0.3, -0.25) is 5.10 Å². The first-order valence-corrected chi connectivity index (χ1v) is 9.29. The molecule has 0 aliphatic carbocycles. The lowest BCUT2D eigenvalue weighted by molar-refractivity contribution is 0.194. The summed E-state index contributed by atoms with van der Waals surface area (Å²) in [6.45, 7) is 5.48. The third kappa shape index (κ3) is 3.58. The van der Waals surface area contributed by atoms with Crippen molar-refractivity contribution in [2.45, 2.75) is 32.6 Å². The van der Waals surface area contributed by atoms with Crippen molar-refractivity contribution in [2.24, 2.45) is 0 Å². The minimum atomic E-state index is -0.0614. The molecule has 7 nitrogen and oxygen atoms in total. The SMILES string of the molecule is Cc1ccn(-c2ccccc2NC(=O)N2CCC(c3cn[nH]c3C)CC2)n1. The third-order valence-corrected chi connectivity index (χ3v) is 5.21. The maximum Gasteiger partial charge on any atom is 0.321 e. The van der Waals surface area contributed by atoms with Crippen LogP contribution in [-0.4, -0.2) is 44.0 Å². The molecule has 1 aromatic carbocycles. The van der Waals surface area contributed by atoms with Crippen molar-refractivity contribution in [3.05, 3.63) is 59.7 Å². The molecule has 7 heteroatoms. The van der Waals surface area contributed by atoms with Gasteiger partial charge < -0.3 is 10.2 Å². The molecule has 4 rings (SSSR count). The Bertz CT molecular complexity index is 935. The molecule has 0 radical (unpaired) electrons. The number of likely N-dealkylation sites (tertiary alicyclic amines) is 1. The van der Waals surface area contributed by atoms with Crippen LogP contribution in [0.3, 0.4) is 0 Å². The summed E-state index contributed by atoms with van der Waals surface area (Å²) < 4.78 is 1.79. The Balaban J connectivity index is 1.43. The number of carbonyl (C=O) groups excluding carboxylic acids is 1. The van der Waals surface area contributed by atoms with Gasteiger partial charge in [0.05, 0.1) is 23.3 Å². The maximum atomic E-state index is 12.8. The van der Waals surface area contributed by atoms with Crippen LogP contribution in [0.1, 0.15) is 35.7 Å². The summed E-state index contributed by atoms with van der Waals surface area (Å²) in [6, 6.07) is 9.61. The van der Waals surface area contributed by atoms with Gasteiger partial charge in [0.25, 0.3) is 0 Å². The monoisotopic (exact) mass is 364 g/mol. The number of piperidine rings is 1. The fourth-order valence-corrected chi connectivity index (χ4v) is 3.69. The molecular weight excluding hydrogens is 340 g/mol. The molecule has 27 heavy (non-hydrogen) atoms. The molecule has 140 valence electrons. The van der Waals surface area contributed by atoms with Crippen LogP contribution >= 0.6 is 0 Å². The number of amides is 2. The van der Waals surface area contributed by atoms with E-state index in [1.165, 1.54) is 5.56 Å². The van der Waals surface area contributed by atoms with E-state index in [0.717, 1.165) is 48.7 Å². The molecule has 3 aromatic rings. The number of H-pyrrole nitrogens is 1. The number of carbonyl (C=O) groups is 1. The van der Waals surface area contributed by atoms with E-state index < -0.39 is 0 Å². The highest BCUT2D eigenvalue weighted by Gasteiger charge is 2.25. The number of hydrogen-bond donors (Lipinski definition) is 2. The van der Waals surface area contributed by atoms with Crippen molar-refractivity contribution in [2.75, 3.05) is 18.4 Å². The number of benzene rings is 1.